The van der Waals surface area contributed by atoms with Crippen molar-refractivity contribution in [2.75, 3.05) is 13.1 Å². The highest BCUT2D eigenvalue weighted by molar-refractivity contribution is 5.85. The first-order valence-corrected chi connectivity index (χ1v) is 6.02. The van der Waals surface area contributed by atoms with Gasteiger partial charge < -0.3 is 15.4 Å². The molecule has 6 heteroatoms. The quantitative estimate of drug-likeness (QED) is 0.907. The summed E-state index contributed by atoms with van der Waals surface area (Å²) in [5.74, 6) is 0. The predicted octanol–water partition coefficient (Wildman–Crippen LogP) is 2.12. The third kappa shape index (κ3) is 4.36. The first kappa shape index (κ1) is 15.7. The molecule has 106 valence electrons. The predicted molar refractivity (Wildman–Crippen MR) is 72.9 cm³/mol. The van der Waals surface area contributed by atoms with Crippen molar-refractivity contribution >= 4 is 18.5 Å². The highest BCUT2D eigenvalue weighted by atomic mass is 35.5. The van der Waals surface area contributed by atoms with Crippen molar-refractivity contribution in [2.45, 2.75) is 25.2 Å². The summed E-state index contributed by atoms with van der Waals surface area (Å²) in [6.07, 6.45) is -1.17. The van der Waals surface area contributed by atoms with Crippen molar-refractivity contribution in [1.82, 2.24) is 4.90 Å². The minimum absolute atomic E-state index is 0. The topological polar surface area (TPSA) is 55.6 Å². The van der Waals surface area contributed by atoms with Crippen LogP contribution in [0.15, 0.2) is 30.3 Å². The maximum absolute atomic E-state index is 13.4. The summed E-state index contributed by atoms with van der Waals surface area (Å²) in [4.78, 5) is 13.1. The Morgan fingerprint density at radius 1 is 1.42 bits per heavy atom. The Balaban J connectivity index is 0.00000180. The average molecular weight is 289 g/mol. The third-order valence-electron chi connectivity index (χ3n) is 3.06. The lowest BCUT2D eigenvalue weighted by atomic mass is 10.1. The van der Waals surface area contributed by atoms with Gasteiger partial charge in [-0.25, -0.2) is 9.18 Å². The first-order chi connectivity index (χ1) is 8.66. The van der Waals surface area contributed by atoms with Gasteiger partial charge in [-0.1, -0.05) is 30.3 Å². The van der Waals surface area contributed by atoms with E-state index in [2.05, 4.69) is 0 Å². The number of ether oxygens (including phenoxy) is 1. The summed E-state index contributed by atoms with van der Waals surface area (Å²) in [7, 11) is 0. The summed E-state index contributed by atoms with van der Waals surface area (Å²) < 4.78 is 18.5. The molecule has 1 heterocycles. The lowest BCUT2D eigenvalue weighted by Crippen LogP contribution is -2.50. The van der Waals surface area contributed by atoms with Crippen LogP contribution in [0.25, 0.3) is 0 Å². The average Bonchev–Trinajstić information content (AvgIpc) is 2.40. The Labute approximate surface area is 118 Å². The van der Waals surface area contributed by atoms with Crippen molar-refractivity contribution in [1.29, 1.82) is 0 Å². The molecule has 2 N–H and O–H groups in total. The van der Waals surface area contributed by atoms with E-state index in [9.17, 15) is 9.18 Å². The van der Waals surface area contributed by atoms with Crippen LogP contribution in [0, 0.1) is 0 Å². The molecule has 2 atom stereocenters. The van der Waals surface area contributed by atoms with Gasteiger partial charge in [0.15, 0.2) is 0 Å². The first-order valence-electron chi connectivity index (χ1n) is 6.02. The molecule has 1 fully saturated rings. The number of nitrogens with zero attached hydrogens (tertiary/aromatic N) is 1. The van der Waals surface area contributed by atoms with Gasteiger partial charge in [-0.3, -0.25) is 0 Å². The molecule has 0 aromatic heterocycles. The smallest absolute Gasteiger partial charge is 0.410 e. The summed E-state index contributed by atoms with van der Waals surface area (Å²) >= 11 is 0. The minimum Gasteiger partial charge on any atom is -0.445 e. The van der Waals surface area contributed by atoms with Crippen molar-refractivity contribution in [3.05, 3.63) is 35.9 Å². The lowest BCUT2D eigenvalue weighted by Gasteiger charge is -2.32. The number of halogens is 2. The van der Waals surface area contributed by atoms with Crippen molar-refractivity contribution in [3.8, 4) is 0 Å². The molecule has 0 bridgehead atoms. The summed E-state index contributed by atoms with van der Waals surface area (Å²) in [5.41, 5.74) is 6.47. The Morgan fingerprint density at radius 3 is 2.74 bits per heavy atom. The molecule has 1 aliphatic rings. The Kier molecular flexibility index (Phi) is 6.05. The molecule has 0 saturated carbocycles. The summed E-state index contributed by atoms with van der Waals surface area (Å²) in [6, 6.07) is 8.92. The zero-order chi connectivity index (χ0) is 13.0. The van der Waals surface area contributed by atoms with Crippen LogP contribution in [-0.4, -0.2) is 36.3 Å². The monoisotopic (exact) mass is 288 g/mol. The normalized spacial score (nSPS) is 22.5. The zero-order valence-electron chi connectivity index (χ0n) is 10.5. The van der Waals surface area contributed by atoms with E-state index in [1.807, 2.05) is 30.3 Å². The van der Waals surface area contributed by atoms with Gasteiger partial charge in [-0.05, 0) is 12.0 Å². The molecular weight excluding hydrogens is 271 g/mol. The number of piperidine rings is 1. The van der Waals surface area contributed by atoms with Gasteiger partial charge in [0.2, 0.25) is 0 Å². The second kappa shape index (κ2) is 7.31. The highest BCUT2D eigenvalue weighted by Gasteiger charge is 2.29. The number of amides is 1. The number of hydrogen-bond acceptors (Lipinski definition) is 3. The molecule has 0 unspecified atom stereocenters. The summed E-state index contributed by atoms with van der Waals surface area (Å²) in [6.45, 7) is 0.684. The number of hydrogen-bond donors (Lipinski definition) is 1. The van der Waals surface area contributed by atoms with Crippen molar-refractivity contribution in [3.63, 3.8) is 0 Å². The van der Waals surface area contributed by atoms with E-state index in [0.29, 0.717) is 13.0 Å². The standard InChI is InChI=1S/C13H17FN2O2.ClH/c14-11-8-16(7-6-12(11)15)13(17)18-9-10-4-2-1-3-5-10;/h1-5,11-12H,6-9,15H2;1H/t11-,12+;/m1./s1. The zero-order valence-corrected chi connectivity index (χ0v) is 11.3. The number of carbonyl (C=O) groups excluding carboxylic acids is 1. The Hall–Kier alpha value is -1.33. The molecular formula is C13H18ClFN2O2. The fraction of sp³-hybridized carbons (Fsp3) is 0.462. The van der Waals surface area contributed by atoms with E-state index in [1.54, 1.807) is 0 Å². The number of nitrogens with two attached hydrogens (primary N) is 1. The maximum Gasteiger partial charge on any atom is 0.410 e. The van der Waals surface area contributed by atoms with Crippen molar-refractivity contribution in [2.24, 2.45) is 5.73 Å². The van der Waals surface area contributed by atoms with Gasteiger partial charge in [0.1, 0.15) is 12.8 Å². The van der Waals surface area contributed by atoms with Crippen molar-refractivity contribution < 1.29 is 13.9 Å². The van der Waals surface area contributed by atoms with Gasteiger partial charge in [-0.15, -0.1) is 12.4 Å². The van der Waals surface area contributed by atoms with Crippen LogP contribution < -0.4 is 5.73 Å². The lowest BCUT2D eigenvalue weighted by molar-refractivity contribution is 0.0660. The Bertz CT molecular complexity index is 405. The third-order valence-corrected chi connectivity index (χ3v) is 3.06. The van der Waals surface area contributed by atoms with E-state index in [1.165, 1.54) is 4.90 Å². The van der Waals surface area contributed by atoms with E-state index in [0.717, 1.165) is 5.56 Å². The molecule has 0 radical (unpaired) electrons. The SMILES string of the molecule is Cl.N[C@H]1CCN(C(=O)OCc2ccccc2)C[C@H]1F. The summed E-state index contributed by atoms with van der Waals surface area (Å²) in [5, 5.41) is 0. The fourth-order valence-corrected chi connectivity index (χ4v) is 1.90. The van der Waals surface area contributed by atoms with Gasteiger partial charge in [-0.2, -0.15) is 0 Å². The number of rotatable bonds is 2. The van der Waals surface area contributed by atoms with Crippen LogP contribution in [-0.2, 0) is 11.3 Å². The van der Waals surface area contributed by atoms with Crippen LogP contribution in [0.4, 0.5) is 9.18 Å². The number of benzene rings is 1. The molecule has 4 nitrogen and oxygen atoms in total. The largest absolute Gasteiger partial charge is 0.445 e. The van der Waals surface area contributed by atoms with Crippen LogP contribution in [0.1, 0.15) is 12.0 Å². The molecule has 0 aliphatic carbocycles. The van der Waals surface area contributed by atoms with Crippen LogP contribution >= 0.6 is 12.4 Å². The van der Waals surface area contributed by atoms with Gasteiger partial charge >= 0.3 is 6.09 Å². The van der Waals surface area contributed by atoms with E-state index >= 15 is 0 Å². The molecule has 19 heavy (non-hydrogen) atoms. The van der Waals surface area contributed by atoms with Gasteiger partial charge in [0.25, 0.3) is 0 Å². The van der Waals surface area contributed by atoms with Crippen LogP contribution in [0.3, 0.4) is 0 Å². The number of alkyl halides is 1. The van der Waals surface area contributed by atoms with Gasteiger partial charge in [0.05, 0.1) is 6.54 Å². The molecule has 1 saturated heterocycles. The van der Waals surface area contributed by atoms with E-state index < -0.39 is 18.3 Å². The van der Waals surface area contributed by atoms with Crippen LogP contribution in [0.2, 0.25) is 0 Å². The van der Waals surface area contributed by atoms with E-state index in [4.69, 9.17) is 10.5 Å². The number of likely N-dealkylation sites (tertiary alicyclic amines) is 1. The molecule has 1 amide bonds. The molecule has 1 aliphatic heterocycles. The Morgan fingerprint density at radius 2 is 2.11 bits per heavy atom. The van der Waals surface area contributed by atoms with Crippen LogP contribution in [0.5, 0.6) is 0 Å². The second-order valence-corrected chi connectivity index (χ2v) is 4.45. The molecule has 2 rings (SSSR count). The maximum atomic E-state index is 13.4. The highest BCUT2D eigenvalue weighted by Crippen LogP contribution is 2.14. The number of carbonyl (C=O) groups is 1. The molecule has 1 aromatic carbocycles. The minimum atomic E-state index is -1.16. The van der Waals surface area contributed by atoms with Gasteiger partial charge in [0, 0.05) is 12.6 Å². The van der Waals surface area contributed by atoms with E-state index in [-0.39, 0.29) is 25.6 Å². The molecule has 1 aromatic rings. The molecule has 0 spiro atoms. The second-order valence-electron chi connectivity index (χ2n) is 4.45. The fourth-order valence-electron chi connectivity index (χ4n) is 1.90.